The minimum atomic E-state index is -0.112. The molecule has 162 valence electrons. The van der Waals surface area contributed by atoms with Crippen LogP contribution in [0.4, 0.5) is 0 Å². The van der Waals surface area contributed by atoms with Gasteiger partial charge in [0.2, 0.25) is 5.91 Å². The summed E-state index contributed by atoms with van der Waals surface area (Å²) in [6, 6.07) is 15.9. The molecule has 1 unspecified atom stereocenters. The lowest BCUT2D eigenvalue weighted by atomic mass is 9.96. The number of thiophene rings is 1. The molecule has 1 aromatic carbocycles. The minimum absolute atomic E-state index is 0.0450. The van der Waals surface area contributed by atoms with Gasteiger partial charge in [-0.3, -0.25) is 14.7 Å². The van der Waals surface area contributed by atoms with Crippen molar-refractivity contribution in [3.8, 4) is 11.3 Å². The number of amides is 2. The molecule has 4 rings (SSSR count). The summed E-state index contributed by atoms with van der Waals surface area (Å²) in [5.74, 6) is 0.0707. The second kappa shape index (κ2) is 9.92. The van der Waals surface area contributed by atoms with E-state index in [4.69, 9.17) is 0 Å². The largest absolute Gasteiger partial charge is 0.345 e. The number of nitrogens with zero attached hydrogens (tertiary/aromatic N) is 3. The van der Waals surface area contributed by atoms with Gasteiger partial charge < -0.3 is 9.80 Å². The molecule has 1 aliphatic heterocycles. The maximum Gasteiger partial charge on any atom is 0.263 e. The zero-order valence-corrected chi connectivity index (χ0v) is 18.6. The van der Waals surface area contributed by atoms with E-state index in [2.05, 4.69) is 16.3 Å². The summed E-state index contributed by atoms with van der Waals surface area (Å²) >= 11 is 1.46. The zero-order valence-electron chi connectivity index (χ0n) is 17.8. The van der Waals surface area contributed by atoms with Crippen molar-refractivity contribution in [3.63, 3.8) is 0 Å². The number of likely N-dealkylation sites (tertiary alicyclic amines) is 1. The van der Waals surface area contributed by atoms with Gasteiger partial charge in [0.05, 0.1) is 16.5 Å². The van der Waals surface area contributed by atoms with Crippen molar-refractivity contribution in [2.75, 3.05) is 26.7 Å². The number of carbonyl (C=O) groups is 2. The molecule has 1 N–H and O–H groups in total. The van der Waals surface area contributed by atoms with E-state index in [1.54, 1.807) is 0 Å². The first-order chi connectivity index (χ1) is 15.1. The number of H-pyrrole nitrogens is 1. The molecule has 2 aromatic heterocycles. The van der Waals surface area contributed by atoms with Gasteiger partial charge in [-0.1, -0.05) is 36.4 Å². The highest BCUT2D eigenvalue weighted by Crippen LogP contribution is 2.22. The first kappa shape index (κ1) is 21.3. The van der Waals surface area contributed by atoms with Crippen molar-refractivity contribution in [2.24, 2.45) is 5.92 Å². The van der Waals surface area contributed by atoms with Gasteiger partial charge in [-0.15, -0.1) is 11.3 Å². The molecule has 1 atom stereocenters. The van der Waals surface area contributed by atoms with Crippen LogP contribution in [0.1, 0.15) is 34.6 Å². The molecule has 0 aliphatic carbocycles. The Morgan fingerprint density at radius 2 is 2.06 bits per heavy atom. The molecule has 2 amide bonds. The number of nitrogens with one attached hydrogen (secondary N) is 1. The molecule has 0 bridgehead atoms. The first-order valence-electron chi connectivity index (χ1n) is 10.8. The van der Waals surface area contributed by atoms with Gasteiger partial charge in [0.25, 0.3) is 5.91 Å². The number of hydrogen-bond acceptors (Lipinski definition) is 4. The van der Waals surface area contributed by atoms with E-state index in [1.165, 1.54) is 11.3 Å². The summed E-state index contributed by atoms with van der Waals surface area (Å²) in [5, 5.41) is 9.41. The van der Waals surface area contributed by atoms with E-state index in [0.717, 1.165) is 54.1 Å². The Hall–Kier alpha value is -2.93. The maximum atomic E-state index is 13.0. The van der Waals surface area contributed by atoms with Crippen LogP contribution < -0.4 is 0 Å². The summed E-state index contributed by atoms with van der Waals surface area (Å²) in [6.45, 7) is 1.93. The molecule has 6 nitrogen and oxygen atoms in total. The van der Waals surface area contributed by atoms with Gasteiger partial charge in [-0.05, 0) is 43.2 Å². The monoisotopic (exact) mass is 436 g/mol. The topological polar surface area (TPSA) is 69.3 Å². The third-order valence-electron chi connectivity index (χ3n) is 5.81. The molecule has 0 saturated carbocycles. The molecular formula is C24H28N4O2S. The van der Waals surface area contributed by atoms with E-state index < -0.39 is 0 Å². The normalized spacial score (nSPS) is 16.3. The highest BCUT2D eigenvalue weighted by atomic mass is 32.1. The predicted molar refractivity (Wildman–Crippen MR) is 123 cm³/mol. The number of aromatic amines is 1. The average Bonchev–Trinajstić information content (AvgIpc) is 3.51. The highest BCUT2D eigenvalue weighted by Gasteiger charge is 2.30. The first-order valence-corrected chi connectivity index (χ1v) is 11.7. The Balaban J connectivity index is 1.26. The summed E-state index contributed by atoms with van der Waals surface area (Å²) in [6.07, 6.45) is 3.42. The van der Waals surface area contributed by atoms with Crippen LogP contribution in [0.3, 0.4) is 0 Å². The number of aryl methyl sites for hydroxylation is 1. The van der Waals surface area contributed by atoms with Gasteiger partial charge in [-0.2, -0.15) is 5.10 Å². The molecular weight excluding hydrogens is 408 g/mol. The molecule has 1 fully saturated rings. The van der Waals surface area contributed by atoms with Crippen molar-refractivity contribution in [3.05, 3.63) is 64.5 Å². The average molecular weight is 437 g/mol. The lowest BCUT2D eigenvalue weighted by molar-refractivity contribution is -0.135. The number of piperidine rings is 1. The van der Waals surface area contributed by atoms with Crippen molar-refractivity contribution < 1.29 is 9.59 Å². The van der Waals surface area contributed by atoms with Crippen LogP contribution in [0, 0.1) is 5.92 Å². The molecule has 3 heterocycles. The van der Waals surface area contributed by atoms with E-state index >= 15 is 0 Å². The van der Waals surface area contributed by atoms with Crippen molar-refractivity contribution in [1.82, 2.24) is 20.0 Å². The second-order valence-electron chi connectivity index (χ2n) is 8.08. The lowest BCUT2D eigenvalue weighted by Gasteiger charge is -2.33. The molecule has 0 radical (unpaired) electrons. The lowest BCUT2D eigenvalue weighted by Crippen LogP contribution is -2.46. The third kappa shape index (κ3) is 5.22. The molecule has 1 aliphatic rings. The van der Waals surface area contributed by atoms with Gasteiger partial charge >= 0.3 is 0 Å². The second-order valence-corrected chi connectivity index (χ2v) is 9.02. The fourth-order valence-corrected chi connectivity index (χ4v) is 4.79. The Kier molecular flexibility index (Phi) is 6.82. The van der Waals surface area contributed by atoms with Crippen LogP contribution in [-0.2, 0) is 11.2 Å². The Morgan fingerprint density at radius 1 is 1.23 bits per heavy atom. The number of benzene rings is 1. The standard InChI is InChI=1S/C24H28N4O2S/c1-27(13-6-11-20-16-21(26-25-20)18-8-3-2-4-9-18)23(29)19-10-5-14-28(17-19)24(30)22-12-7-15-31-22/h2-4,7-9,12,15-16,19H,5-6,10-11,13-14,17H2,1H3,(H,25,26). The minimum Gasteiger partial charge on any atom is -0.345 e. The molecule has 0 spiro atoms. The van der Waals surface area contributed by atoms with Crippen LogP contribution in [0.2, 0.25) is 0 Å². The van der Waals surface area contributed by atoms with Gasteiger partial charge in [0.15, 0.2) is 0 Å². The van der Waals surface area contributed by atoms with Crippen LogP contribution >= 0.6 is 11.3 Å². The van der Waals surface area contributed by atoms with Crippen molar-refractivity contribution in [1.29, 1.82) is 0 Å². The quantitative estimate of drug-likeness (QED) is 0.607. The van der Waals surface area contributed by atoms with Crippen LogP contribution in [-0.4, -0.2) is 58.5 Å². The Labute approximate surface area is 186 Å². The van der Waals surface area contributed by atoms with Crippen molar-refractivity contribution in [2.45, 2.75) is 25.7 Å². The van der Waals surface area contributed by atoms with E-state index in [0.29, 0.717) is 13.1 Å². The summed E-state index contributed by atoms with van der Waals surface area (Å²) < 4.78 is 0. The van der Waals surface area contributed by atoms with Crippen molar-refractivity contribution >= 4 is 23.2 Å². The van der Waals surface area contributed by atoms with Gasteiger partial charge in [-0.25, -0.2) is 0 Å². The summed E-state index contributed by atoms with van der Waals surface area (Å²) in [4.78, 5) is 30.0. The Morgan fingerprint density at radius 3 is 2.84 bits per heavy atom. The molecule has 31 heavy (non-hydrogen) atoms. The third-order valence-corrected chi connectivity index (χ3v) is 6.66. The van der Waals surface area contributed by atoms with Gasteiger partial charge in [0, 0.05) is 37.9 Å². The molecule has 7 heteroatoms. The SMILES string of the molecule is CN(CCCc1cc(-c2ccccc2)n[nH]1)C(=O)C1CCCN(C(=O)c2cccs2)C1. The molecule has 3 aromatic rings. The van der Waals surface area contributed by atoms with Gasteiger partial charge in [0.1, 0.15) is 0 Å². The van der Waals surface area contributed by atoms with Crippen LogP contribution in [0.15, 0.2) is 53.9 Å². The highest BCUT2D eigenvalue weighted by molar-refractivity contribution is 7.12. The van der Waals surface area contributed by atoms with E-state index in [-0.39, 0.29) is 17.7 Å². The zero-order chi connectivity index (χ0) is 21.6. The number of rotatable bonds is 7. The number of carbonyl (C=O) groups excluding carboxylic acids is 2. The van der Waals surface area contributed by atoms with E-state index in [9.17, 15) is 9.59 Å². The molecule has 1 saturated heterocycles. The fourth-order valence-electron chi connectivity index (χ4n) is 4.09. The smallest absolute Gasteiger partial charge is 0.263 e. The van der Waals surface area contributed by atoms with Crippen LogP contribution in [0.25, 0.3) is 11.3 Å². The number of hydrogen-bond donors (Lipinski definition) is 1. The summed E-state index contributed by atoms with van der Waals surface area (Å²) in [7, 11) is 1.87. The summed E-state index contributed by atoms with van der Waals surface area (Å²) in [5.41, 5.74) is 3.11. The fraction of sp³-hybridized carbons (Fsp3) is 0.375. The Bertz CT molecular complexity index is 1000. The number of aromatic nitrogens is 2. The maximum absolute atomic E-state index is 13.0. The van der Waals surface area contributed by atoms with E-state index in [1.807, 2.05) is 64.7 Å². The predicted octanol–water partition coefficient (Wildman–Crippen LogP) is 4.08. The van der Waals surface area contributed by atoms with Crippen LogP contribution in [0.5, 0.6) is 0 Å².